The van der Waals surface area contributed by atoms with Gasteiger partial charge in [0.1, 0.15) is 11.7 Å². The highest BCUT2D eigenvalue weighted by Crippen LogP contribution is 2.11. The number of nitriles is 1. The van der Waals surface area contributed by atoms with Crippen molar-refractivity contribution >= 4 is 11.8 Å². The smallest absolute Gasteiger partial charge is 0.407 e. The molecule has 0 atom stereocenters. The first-order valence-electron chi connectivity index (χ1n) is 5.64. The molecule has 98 valence electrons. The third-order valence-corrected chi connectivity index (χ3v) is 2.07. The van der Waals surface area contributed by atoms with Gasteiger partial charge >= 0.3 is 6.09 Å². The molecule has 0 radical (unpaired) electrons. The van der Waals surface area contributed by atoms with Crippen LogP contribution in [0.1, 0.15) is 26.3 Å². The van der Waals surface area contributed by atoms with Crippen molar-refractivity contribution < 1.29 is 9.53 Å². The molecule has 1 rings (SSSR count). The number of ether oxygens (including phenoxy) is 1. The Kier molecular flexibility index (Phi) is 4.21. The van der Waals surface area contributed by atoms with Crippen LogP contribution in [0.3, 0.4) is 0 Å². The summed E-state index contributed by atoms with van der Waals surface area (Å²) in [6, 6.07) is 1.99. The molecule has 0 aliphatic rings. The number of nitrogen functional groups attached to an aromatic ring is 1. The van der Waals surface area contributed by atoms with E-state index >= 15 is 0 Å². The number of aromatic nitrogens is 1. The molecule has 0 saturated heterocycles. The lowest BCUT2D eigenvalue weighted by Gasteiger charge is -2.19. The molecule has 0 aromatic carbocycles. The quantitative estimate of drug-likeness (QED) is 0.849. The van der Waals surface area contributed by atoms with Gasteiger partial charge in [0.2, 0.25) is 0 Å². The number of nitrogens with zero attached hydrogens (tertiary/aromatic N) is 2. The molecule has 1 aromatic rings. The van der Waals surface area contributed by atoms with Gasteiger partial charge in [0.15, 0.2) is 0 Å². The molecule has 0 aliphatic carbocycles. The predicted molar refractivity (Wildman–Crippen MR) is 67.8 cm³/mol. The molecule has 0 spiro atoms. The summed E-state index contributed by atoms with van der Waals surface area (Å²) in [5.41, 5.74) is 5.98. The van der Waals surface area contributed by atoms with Crippen LogP contribution < -0.4 is 11.1 Å². The Labute approximate surface area is 106 Å². The Morgan fingerprint density at radius 3 is 2.72 bits per heavy atom. The van der Waals surface area contributed by atoms with Gasteiger partial charge in [0, 0.05) is 25.5 Å². The number of rotatable bonds is 3. The first kappa shape index (κ1) is 13.9. The van der Waals surface area contributed by atoms with Gasteiger partial charge in [-0.1, -0.05) is 0 Å². The Morgan fingerprint density at radius 1 is 1.56 bits per heavy atom. The maximum Gasteiger partial charge on any atom is 0.407 e. The maximum atomic E-state index is 11.4. The molecule has 6 nitrogen and oxygen atoms in total. The van der Waals surface area contributed by atoms with E-state index in [1.807, 2.05) is 6.07 Å². The van der Waals surface area contributed by atoms with Crippen molar-refractivity contribution in [3.05, 3.63) is 18.0 Å². The second kappa shape index (κ2) is 5.45. The lowest BCUT2D eigenvalue weighted by atomic mass is 10.2. The minimum atomic E-state index is -0.504. The summed E-state index contributed by atoms with van der Waals surface area (Å²) in [5.74, 6) is 0. The summed E-state index contributed by atoms with van der Waals surface area (Å²) in [7, 11) is 0. The van der Waals surface area contributed by atoms with Crippen LogP contribution in [0.4, 0.5) is 10.5 Å². The van der Waals surface area contributed by atoms with Crippen LogP contribution in [-0.4, -0.2) is 22.8 Å². The van der Waals surface area contributed by atoms with Gasteiger partial charge < -0.3 is 20.4 Å². The van der Waals surface area contributed by atoms with Gasteiger partial charge in [0.05, 0.1) is 11.3 Å². The Balaban J connectivity index is 2.38. The van der Waals surface area contributed by atoms with Crippen molar-refractivity contribution in [1.82, 2.24) is 9.88 Å². The fourth-order valence-corrected chi connectivity index (χ4v) is 1.35. The summed E-state index contributed by atoms with van der Waals surface area (Å²) in [4.78, 5) is 11.4. The van der Waals surface area contributed by atoms with Gasteiger partial charge in [-0.25, -0.2) is 4.79 Å². The first-order chi connectivity index (χ1) is 8.31. The van der Waals surface area contributed by atoms with E-state index in [2.05, 4.69) is 5.32 Å². The van der Waals surface area contributed by atoms with E-state index in [9.17, 15) is 4.79 Å². The van der Waals surface area contributed by atoms with Crippen LogP contribution in [0.5, 0.6) is 0 Å². The van der Waals surface area contributed by atoms with E-state index in [4.69, 9.17) is 15.7 Å². The minimum Gasteiger partial charge on any atom is -0.444 e. The highest BCUT2D eigenvalue weighted by atomic mass is 16.6. The number of anilines is 1. The van der Waals surface area contributed by atoms with E-state index in [0.29, 0.717) is 24.3 Å². The predicted octanol–water partition coefficient (Wildman–Crippen LogP) is 1.47. The molecule has 6 heteroatoms. The third kappa shape index (κ3) is 4.37. The van der Waals surface area contributed by atoms with Crippen molar-refractivity contribution in [3.8, 4) is 6.07 Å². The van der Waals surface area contributed by atoms with Gasteiger partial charge in [-0.2, -0.15) is 5.26 Å². The Bertz CT molecular complexity index is 465. The number of nitrogens with one attached hydrogen (secondary N) is 1. The summed E-state index contributed by atoms with van der Waals surface area (Å²) in [5, 5.41) is 11.4. The topological polar surface area (TPSA) is 93.1 Å². The summed E-state index contributed by atoms with van der Waals surface area (Å²) in [6.07, 6.45) is 2.85. The fourth-order valence-electron chi connectivity index (χ4n) is 1.35. The van der Waals surface area contributed by atoms with Crippen molar-refractivity contribution in [3.63, 3.8) is 0 Å². The summed E-state index contributed by atoms with van der Waals surface area (Å²) >= 11 is 0. The van der Waals surface area contributed by atoms with Crippen molar-refractivity contribution in [2.24, 2.45) is 0 Å². The molecule has 1 aromatic heterocycles. The van der Waals surface area contributed by atoms with Crippen LogP contribution in [0, 0.1) is 11.3 Å². The Hall–Kier alpha value is -2.16. The number of carbonyl (C=O) groups excluding carboxylic acids is 1. The zero-order chi connectivity index (χ0) is 13.8. The number of amides is 1. The number of hydrogen-bond acceptors (Lipinski definition) is 4. The second-order valence-corrected chi connectivity index (χ2v) is 4.91. The molecule has 1 amide bonds. The van der Waals surface area contributed by atoms with E-state index in [1.54, 1.807) is 37.7 Å². The van der Waals surface area contributed by atoms with E-state index in [-0.39, 0.29) is 0 Å². The van der Waals surface area contributed by atoms with E-state index in [0.717, 1.165) is 0 Å². The maximum absolute atomic E-state index is 11.4. The van der Waals surface area contributed by atoms with Gasteiger partial charge in [-0.3, -0.25) is 0 Å². The van der Waals surface area contributed by atoms with E-state index < -0.39 is 11.7 Å². The highest BCUT2D eigenvalue weighted by molar-refractivity contribution is 5.67. The van der Waals surface area contributed by atoms with Crippen molar-refractivity contribution in [2.45, 2.75) is 32.9 Å². The average molecular weight is 250 g/mol. The number of carbonyl (C=O) groups is 1. The molecular weight excluding hydrogens is 232 g/mol. The number of hydrogen-bond donors (Lipinski definition) is 2. The van der Waals surface area contributed by atoms with E-state index in [1.165, 1.54) is 0 Å². The summed E-state index contributed by atoms with van der Waals surface area (Å²) < 4.78 is 6.84. The van der Waals surface area contributed by atoms with Gasteiger partial charge in [0.25, 0.3) is 0 Å². The van der Waals surface area contributed by atoms with Crippen LogP contribution in [0.15, 0.2) is 12.4 Å². The molecule has 0 unspecified atom stereocenters. The van der Waals surface area contributed by atoms with Crippen molar-refractivity contribution in [2.75, 3.05) is 12.3 Å². The molecule has 3 N–H and O–H groups in total. The molecule has 0 aliphatic heterocycles. The largest absolute Gasteiger partial charge is 0.444 e. The lowest BCUT2D eigenvalue weighted by Crippen LogP contribution is -2.34. The highest BCUT2D eigenvalue weighted by Gasteiger charge is 2.15. The zero-order valence-corrected chi connectivity index (χ0v) is 10.9. The average Bonchev–Trinajstić information content (AvgIpc) is 2.56. The normalized spacial score (nSPS) is 10.8. The van der Waals surface area contributed by atoms with Crippen LogP contribution >= 0.6 is 0 Å². The van der Waals surface area contributed by atoms with Crippen LogP contribution in [-0.2, 0) is 11.3 Å². The number of alkyl carbamates (subject to hydrolysis) is 1. The SMILES string of the molecule is CC(C)(C)OC(=O)NCCn1cc(N)c(C#N)c1. The zero-order valence-electron chi connectivity index (χ0n) is 10.9. The van der Waals surface area contributed by atoms with Crippen LogP contribution in [0.2, 0.25) is 0 Å². The molecule has 1 heterocycles. The molecule has 18 heavy (non-hydrogen) atoms. The van der Waals surface area contributed by atoms with Crippen molar-refractivity contribution in [1.29, 1.82) is 5.26 Å². The standard InChI is InChI=1S/C12H18N4O2/c1-12(2,3)18-11(17)15-4-5-16-7-9(6-13)10(14)8-16/h7-8H,4-5,14H2,1-3H3,(H,15,17). The third-order valence-electron chi connectivity index (χ3n) is 2.07. The van der Waals surface area contributed by atoms with Crippen LogP contribution in [0.25, 0.3) is 0 Å². The summed E-state index contributed by atoms with van der Waals surface area (Å²) in [6.45, 7) is 6.36. The lowest BCUT2D eigenvalue weighted by molar-refractivity contribution is 0.0526. The first-order valence-corrected chi connectivity index (χ1v) is 5.64. The Morgan fingerprint density at radius 2 is 2.22 bits per heavy atom. The molecule has 0 saturated carbocycles. The molecule has 0 bridgehead atoms. The van der Waals surface area contributed by atoms with Gasteiger partial charge in [-0.15, -0.1) is 0 Å². The monoisotopic (exact) mass is 250 g/mol. The molecular formula is C12H18N4O2. The molecule has 0 fully saturated rings. The number of nitrogens with two attached hydrogens (primary N) is 1. The van der Waals surface area contributed by atoms with Gasteiger partial charge in [-0.05, 0) is 20.8 Å². The fraction of sp³-hybridized carbons (Fsp3) is 0.500. The second-order valence-electron chi connectivity index (χ2n) is 4.91. The minimum absolute atomic E-state index is 0.411.